The van der Waals surface area contributed by atoms with E-state index in [0.29, 0.717) is 11.3 Å². The summed E-state index contributed by atoms with van der Waals surface area (Å²) in [5.74, 6) is -13.5. The topological polar surface area (TPSA) is 445 Å². The number of carbonyl (C=O) groups excluding carboxylic acids is 6. The number of H-pyrrole nitrogens is 1. The van der Waals surface area contributed by atoms with Crippen molar-refractivity contribution in [3.63, 3.8) is 0 Å². The fraction of sp³-hybridized carbons (Fsp3) is 0.592. The number of aliphatic hydroxyl groups excluding tert-OH is 2. The van der Waals surface area contributed by atoms with Crippen LogP contribution in [0, 0.1) is 11.8 Å². The summed E-state index contributed by atoms with van der Waals surface area (Å²) >= 11 is 0. The smallest absolute Gasteiger partial charge is 0.320 e. The molecule has 1 saturated heterocycles. The lowest BCUT2D eigenvalue weighted by Crippen LogP contribution is -2.52. The number of imidazole rings is 1. The number of carboxylic acids is 5. The minimum Gasteiger partial charge on any atom is -0.481 e. The number of hydrogen-bond acceptors (Lipinski definition) is 19. The highest BCUT2D eigenvalue weighted by molar-refractivity contribution is 5.97. The van der Waals surface area contributed by atoms with Crippen LogP contribution < -0.4 is 27.0 Å². The Hall–Kier alpha value is -7.28. The number of ketones is 2. The van der Waals surface area contributed by atoms with E-state index >= 15 is 0 Å². The number of carbonyl (C=O) groups is 11. The predicted octanol–water partition coefficient (Wildman–Crippen LogP) is -4.57. The van der Waals surface area contributed by atoms with E-state index in [0.717, 1.165) is 0 Å². The summed E-state index contributed by atoms with van der Waals surface area (Å²) in [6.07, 6.45) is 0.689. The first-order valence-corrected chi connectivity index (χ1v) is 25.2. The molecule has 4 amide bonds. The van der Waals surface area contributed by atoms with Crippen molar-refractivity contribution < 1.29 is 88.5 Å². The van der Waals surface area contributed by atoms with Crippen molar-refractivity contribution >= 4 is 65.0 Å². The molecule has 1 aliphatic rings. The first-order chi connectivity index (χ1) is 37.0. The van der Waals surface area contributed by atoms with Gasteiger partial charge in [0.05, 0.1) is 63.6 Å². The molecule has 0 radical (unpaired) electrons. The third-order valence-corrected chi connectivity index (χ3v) is 12.9. The number of nitrogens with two attached hydrogens (primary N) is 1. The van der Waals surface area contributed by atoms with Gasteiger partial charge < -0.3 is 67.7 Å². The quantitative estimate of drug-likeness (QED) is 0.0299. The second-order valence-electron chi connectivity index (χ2n) is 19.0. The second kappa shape index (κ2) is 33.8. The van der Waals surface area contributed by atoms with Crippen molar-refractivity contribution in [3.05, 3.63) is 54.1 Å². The molecular formula is C49H73N11O18. The molecule has 432 valence electrons. The number of aromatic amines is 1. The number of Topliss-reactive ketones (excluding diaryl/α,β-unsaturated/α-hetero) is 2. The number of aliphatic carboxylic acids is 5. The number of hydrogen-bond donors (Lipinski definition) is 13. The van der Waals surface area contributed by atoms with Gasteiger partial charge in [-0.1, -0.05) is 30.3 Å². The molecule has 7 atom stereocenters. The van der Waals surface area contributed by atoms with Crippen molar-refractivity contribution in [2.24, 2.45) is 17.6 Å². The van der Waals surface area contributed by atoms with Gasteiger partial charge >= 0.3 is 29.8 Å². The van der Waals surface area contributed by atoms with Gasteiger partial charge in [0.2, 0.25) is 23.6 Å². The number of carboxylic acid groups (broad SMARTS) is 5. The number of rotatable bonds is 33. The molecule has 1 aliphatic heterocycles. The van der Waals surface area contributed by atoms with Crippen LogP contribution in [0.4, 0.5) is 0 Å². The Balaban J connectivity index is 1.72. The molecule has 0 spiro atoms. The number of aliphatic hydroxyl groups is 2. The van der Waals surface area contributed by atoms with Gasteiger partial charge in [-0.15, -0.1) is 0 Å². The van der Waals surface area contributed by atoms with Gasteiger partial charge in [0.25, 0.3) is 0 Å². The van der Waals surface area contributed by atoms with E-state index < -0.39 is 153 Å². The number of aromatic nitrogens is 2. The highest BCUT2D eigenvalue weighted by Crippen LogP contribution is 2.18. The molecule has 1 fully saturated rings. The normalized spacial score (nSPS) is 17.0. The van der Waals surface area contributed by atoms with Crippen molar-refractivity contribution in [1.29, 1.82) is 0 Å². The van der Waals surface area contributed by atoms with Gasteiger partial charge in [-0.3, -0.25) is 72.3 Å². The molecule has 1 aromatic heterocycles. The Labute approximate surface area is 448 Å². The second-order valence-corrected chi connectivity index (χ2v) is 19.0. The minimum atomic E-state index is -1.61. The molecule has 1 aromatic carbocycles. The summed E-state index contributed by atoms with van der Waals surface area (Å²) in [5, 5.41) is 78.4. The number of nitrogens with one attached hydrogen (secondary N) is 5. The van der Waals surface area contributed by atoms with Gasteiger partial charge in [-0.25, -0.2) is 4.98 Å². The van der Waals surface area contributed by atoms with Crippen LogP contribution in [0.2, 0.25) is 0 Å². The zero-order chi connectivity index (χ0) is 57.9. The summed E-state index contributed by atoms with van der Waals surface area (Å²) in [6, 6.07) is 1.37. The van der Waals surface area contributed by atoms with Crippen LogP contribution in [-0.4, -0.2) is 252 Å². The number of nitrogens with zero attached hydrogens (tertiary/aromatic N) is 5. The number of benzene rings is 1. The van der Waals surface area contributed by atoms with Crippen LogP contribution >= 0.6 is 0 Å². The summed E-state index contributed by atoms with van der Waals surface area (Å²) in [4.78, 5) is 153. The third kappa shape index (κ3) is 23.9. The van der Waals surface area contributed by atoms with Crippen molar-refractivity contribution in [2.45, 2.75) is 82.1 Å². The van der Waals surface area contributed by atoms with E-state index in [1.165, 1.54) is 19.4 Å². The maximum atomic E-state index is 14.0. The van der Waals surface area contributed by atoms with Crippen LogP contribution in [-0.2, 0) is 65.6 Å². The average molecular weight is 1100 g/mol. The zero-order valence-corrected chi connectivity index (χ0v) is 43.4. The zero-order valence-electron chi connectivity index (χ0n) is 43.4. The molecule has 78 heavy (non-hydrogen) atoms. The maximum absolute atomic E-state index is 14.0. The largest absolute Gasteiger partial charge is 0.481 e. The first-order valence-electron chi connectivity index (χ1n) is 25.2. The molecule has 2 unspecified atom stereocenters. The van der Waals surface area contributed by atoms with Gasteiger partial charge in [0, 0.05) is 96.0 Å². The van der Waals surface area contributed by atoms with E-state index in [1.54, 1.807) is 49.9 Å². The molecule has 29 nitrogen and oxygen atoms in total. The highest BCUT2D eigenvalue weighted by Gasteiger charge is 2.34. The molecule has 29 heteroatoms. The van der Waals surface area contributed by atoms with Crippen LogP contribution in [0.25, 0.3) is 0 Å². The van der Waals surface area contributed by atoms with E-state index in [2.05, 4.69) is 31.2 Å². The Morgan fingerprint density at radius 1 is 0.615 bits per heavy atom. The molecule has 2 aromatic rings. The molecule has 3 rings (SSSR count). The van der Waals surface area contributed by atoms with Crippen molar-refractivity contribution in [3.8, 4) is 0 Å². The van der Waals surface area contributed by atoms with E-state index in [4.69, 9.17) is 10.8 Å². The Morgan fingerprint density at radius 2 is 1.12 bits per heavy atom. The number of amides is 4. The fourth-order valence-electron chi connectivity index (χ4n) is 8.57. The maximum Gasteiger partial charge on any atom is 0.320 e. The molecule has 0 saturated carbocycles. The van der Waals surface area contributed by atoms with Gasteiger partial charge in [-0.2, -0.15) is 0 Å². The first kappa shape index (κ1) is 65.0. The molecule has 0 aliphatic carbocycles. The van der Waals surface area contributed by atoms with Crippen LogP contribution in [0.15, 0.2) is 42.9 Å². The SMILES string of the molecule is C[C@H](NC(=O)[C@@H](N)CC(=O)O)C(=O)C[C@@H](Cc1cnc[nH]1)C(=O)N[C@@H](CO)C(=O)C[C@@H](Cc1ccccc1)C(=O)NC(CO)C(=O)NCCCC(C(=O)O)N1CCN(CC(=O)O)CCN(CC(=O)O)CCN(CC(=O)O)CC1. The summed E-state index contributed by atoms with van der Waals surface area (Å²) in [7, 11) is 0. The van der Waals surface area contributed by atoms with Crippen LogP contribution in [0.5, 0.6) is 0 Å². The molecular weight excluding hydrogens is 1030 g/mol. The highest BCUT2D eigenvalue weighted by atomic mass is 16.4. The van der Waals surface area contributed by atoms with Crippen LogP contribution in [0.1, 0.15) is 50.3 Å². The third-order valence-electron chi connectivity index (χ3n) is 12.9. The lowest BCUT2D eigenvalue weighted by molar-refractivity contribution is -0.145. The van der Waals surface area contributed by atoms with Crippen molar-refractivity contribution in [1.82, 2.24) is 50.8 Å². The lowest BCUT2D eigenvalue weighted by Gasteiger charge is -2.35. The molecule has 2 heterocycles. The Morgan fingerprint density at radius 3 is 1.59 bits per heavy atom. The average Bonchev–Trinajstić information content (AvgIpc) is 3.89. The molecule has 0 bridgehead atoms. The predicted molar refractivity (Wildman–Crippen MR) is 272 cm³/mol. The van der Waals surface area contributed by atoms with Crippen LogP contribution in [0.3, 0.4) is 0 Å². The minimum absolute atomic E-state index is 0.0259. The van der Waals surface area contributed by atoms with E-state index in [9.17, 15) is 83.4 Å². The van der Waals surface area contributed by atoms with Crippen molar-refractivity contribution in [2.75, 3.05) is 91.8 Å². The summed E-state index contributed by atoms with van der Waals surface area (Å²) in [6.45, 7) is -1.20. The fourth-order valence-corrected chi connectivity index (χ4v) is 8.57. The summed E-state index contributed by atoms with van der Waals surface area (Å²) < 4.78 is 0. The van der Waals surface area contributed by atoms with E-state index in [1.807, 2.05) is 0 Å². The standard InChI is InChI=1S/C49H73N11O18/c1-30(54-47(75)35(50)22-41(65)66)39(63)20-33(19-34-23-51-29-53-34)46(74)55-36(27-61)40(64)21-32(18-31-6-3-2-4-7-31)45(73)56-37(28-62)48(76)52-9-5-8-38(49(77)78)60-16-14-58(25-43(69)70)12-10-57(24-42(67)68)11-13-59(15-17-60)26-44(71)72/h2-4,6-7,23,29-30,32-33,35-38,61-62H,5,8-22,24-28,50H2,1H3,(H,51,53)(H,52,76)(H,54,75)(H,55,74)(H,56,73)(H,65,66)(H,67,68)(H,69,70)(H,71,72)(H,77,78)/t30-,32+,33+,35-,36-,37?,38?/m0/s1. The lowest BCUT2D eigenvalue weighted by atomic mass is 9.90. The summed E-state index contributed by atoms with van der Waals surface area (Å²) in [5.41, 5.74) is 6.61. The Kier molecular flexibility index (Phi) is 28.2. The van der Waals surface area contributed by atoms with Gasteiger partial charge in [0.1, 0.15) is 18.1 Å². The van der Waals surface area contributed by atoms with Gasteiger partial charge in [0.15, 0.2) is 11.6 Å². The monoisotopic (exact) mass is 1100 g/mol. The molecule has 14 N–H and O–H groups in total. The van der Waals surface area contributed by atoms with E-state index in [-0.39, 0.29) is 91.1 Å². The van der Waals surface area contributed by atoms with Gasteiger partial charge in [-0.05, 0) is 31.7 Å². The Bertz CT molecular complexity index is 2290.